The van der Waals surface area contributed by atoms with Crippen molar-refractivity contribution in [3.05, 3.63) is 52.9 Å². The van der Waals surface area contributed by atoms with E-state index in [1.807, 2.05) is 25.1 Å². The largest absolute Gasteiger partial charge is 0.352 e. The van der Waals surface area contributed by atoms with Gasteiger partial charge in [0.25, 0.3) is 0 Å². The molecule has 0 aliphatic heterocycles. The highest BCUT2D eigenvalue weighted by Gasteiger charge is 2.07. The van der Waals surface area contributed by atoms with Gasteiger partial charge in [-0.2, -0.15) is 0 Å². The van der Waals surface area contributed by atoms with E-state index in [0.29, 0.717) is 19.7 Å². The first-order valence-corrected chi connectivity index (χ1v) is 6.46. The first-order chi connectivity index (χ1) is 9.35. The van der Waals surface area contributed by atoms with Crippen molar-refractivity contribution >= 4 is 10.8 Å². The Bertz CT molecular complexity index is 537. The second-order valence-electron chi connectivity index (χ2n) is 4.28. The third-order valence-corrected chi connectivity index (χ3v) is 2.99. The molecule has 1 atom stereocenters. The van der Waals surface area contributed by atoms with Crippen LogP contribution in [0.5, 0.6) is 0 Å². The summed E-state index contributed by atoms with van der Waals surface area (Å²) in [6.07, 6.45) is -0.611. The molecule has 0 bridgehead atoms. The van der Waals surface area contributed by atoms with Crippen LogP contribution in [0.25, 0.3) is 10.8 Å². The van der Waals surface area contributed by atoms with Crippen molar-refractivity contribution in [2.24, 2.45) is 5.18 Å². The molecule has 4 heteroatoms. The molecule has 0 amide bonds. The number of rotatable bonds is 7. The van der Waals surface area contributed by atoms with E-state index in [9.17, 15) is 4.91 Å². The molecule has 0 radical (unpaired) electrons. The topological polar surface area (TPSA) is 50.7 Å². The molecule has 2 rings (SSSR count). The minimum Gasteiger partial charge on any atom is -0.352 e. The molecule has 0 fully saturated rings. The molecule has 100 valence electrons. The van der Waals surface area contributed by atoms with Gasteiger partial charge in [0, 0.05) is 19.7 Å². The Morgan fingerprint density at radius 2 is 2.00 bits per heavy atom. The van der Waals surface area contributed by atoms with Gasteiger partial charge in [-0.25, -0.2) is 0 Å². The predicted molar refractivity (Wildman–Crippen MR) is 76.9 cm³/mol. The molecular weight excluding hydrogens is 240 g/mol. The van der Waals surface area contributed by atoms with E-state index in [1.54, 1.807) is 0 Å². The fourth-order valence-corrected chi connectivity index (χ4v) is 2.10. The molecule has 0 aliphatic rings. The smallest absolute Gasteiger partial charge is 0.202 e. The van der Waals surface area contributed by atoms with Gasteiger partial charge in [0.1, 0.15) is 0 Å². The zero-order valence-electron chi connectivity index (χ0n) is 11.0. The monoisotopic (exact) mass is 258 g/mol. The molecule has 0 aromatic heterocycles. The second kappa shape index (κ2) is 6.97. The summed E-state index contributed by atoms with van der Waals surface area (Å²) in [5, 5.41) is 8.59. The summed E-state index contributed by atoms with van der Waals surface area (Å²) in [6, 6.07) is 14.5. The van der Waals surface area contributed by atoms with Crippen molar-refractivity contribution in [1.29, 1.82) is 0 Å². The van der Waals surface area contributed by atoms with Crippen molar-refractivity contribution in [2.75, 3.05) is 13.2 Å². The van der Waals surface area contributed by atoms with E-state index in [4.69, 9.17) is 4.74 Å². The van der Waals surface area contributed by atoms with Gasteiger partial charge >= 0.3 is 0 Å². The third-order valence-electron chi connectivity index (χ3n) is 2.99. The Labute approximate surface area is 112 Å². The molecule has 0 saturated carbocycles. The van der Waals surface area contributed by atoms with E-state index in [-0.39, 0.29) is 0 Å². The molecule has 0 spiro atoms. The number of nitrogens with one attached hydrogen (secondary N) is 1. The standard InChI is InChI=1S/C15H18N2O2/c1-2-19-15(17-18)11-16-10-13-8-5-7-12-6-3-4-9-14(12)13/h3-9,15-16H,2,10-11H2,1H3. The van der Waals surface area contributed by atoms with Gasteiger partial charge < -0.3 is 10.1 Å². The zero-order valence-corrected chi connectivity index (χ0v) is 11.0. The zero-order chi connectivity index (χ0) is 13.5. The molecule has 19 heavy (non-hydrogen) atoms. The van der Waals surface area contributed by atoms with Crippen LogP contribution in [0.4, 0.5) is 0 Å². The third kappa shape index (κ3) is 3.59. The summed E-state index contributed by atoms with van der Waals surface area (Å²) in [5.74, 6) is 0. The Morgan fingerprint density at radius 1 is 1.21 bits per heavy atom. The number of ether oxygens (including phenoxy) is 1. The summed E-state index contributed by atoms with van der Waals surface area (Å²) in [5.41, 5.74) is 1.21. The van der Waals surface area contributed by atoms with Crippen LogP contribution in [-0.4, -0.2) is 19.4 Å². The van der Waals surface area contributed by atoms with E-state index in [2.05, 4.69) is 34.8 Å². The van der Waals surface area contributed by atoms with Crippen LogP contribution in [0.3, 0.4) is 0 Å². The maximum atomic E-state index is 10.5. The van der Waals surface area contributed by atoms with Gasteiger partial charge in [-0.3, -0.25) is 0 Å². The van der Waals surface area contributed by atoms with Crippen molar-refractivity contribution in [1.82, 2.24) is 5.32 Å². The van der Waals surface area contributed by atoms with Crippen LogP contribution < -0.4 is 5.32 Å². The van der Waals surface area contributed by atoms with Crippen LogP contribution in [0.2, 0.25) is 0 Å². The van der Waals surface area contributed by atoms with Crippen molar-refractivity contribution in [2.45, 2.75) is 19.7 Å². The average molecular weight is 258 g/mol. The van der Waals surface area contributed by atoms with Gasteiger partial charge in [0.15, 0.2) is 0 Å². The normalized spacial score (nSPS) is 12.5. The van der Waals surface area contributed by atoms with Crippen molar-refractivity contribution < 1.29 is 4.74 Å². The van der Waals surface area contributed by atoms with Crippen LogP contribution >= 0.6 is 0 Å². The molecule has 0 aliphatic carbocycles. The van der Waals surface area contributed by atoms with E-state index in [0.717, 1.165) is 0 Å². The van der Waals surface area contributed by atoms with Gasteiger partial charge in [0.2, 0.25) is 6.23 Å². The lowest BCUT2D eigenvalue weighted by molar-refractivity contribution is 0.0679. The Balaban J connectivity index is 2.00. The fraction of sp³-hybridized carbons (Fsp3) is 0.333. The molecule has 0 saturated heterocycles. The maximum absolute atomic E-state index is 10.5. The molecular formula is C15H18N2O2. The van der Waals surface area contributed by atoms with Crippen molar-refractivity contribution in [3.8, 4) is 0 Å². The first-order valence-electron chi connectivity index (χ1n) is 6.46. The van der Waals surface area contributed by atoms with Crippen LogP contribution in [0.1, 0.15) is 12.5 Å². The Hall–Kier alpha value is -1.78. The lowest BCUT2D eigenvalue weighted by Gasteiger charge is -2.11. The highest BCUT2D eigenvalue weighted by atomic mass is 16.5. The highest BCUT2D eigenvalue weighted by molar-refractivity contribution is 5.85. The molecule has 2 aromatic rings. The quantitative estimate of drug-likeness (QED) is 0.776. The number of hydrogen-bond donors (Lipinski definition) is 1. The van der Waals surface area contributed by atoms with Crippen LogP contribution in [0, 0.1) is 4.91 Å². The summed E-state index contributed by atoms with van der Waals surface area (Å²) in [7, 11) is 0. The molecule has 4 nitrogen and oxygen atoms in total. The number of benzene rings is 2. The molecule has 1 N–H and O–H groups in total. The summed E-state index contributed by atoms with van der Waals surface area (Å²) >= 11 is 0. The van der Waals surface area contributed by atoms with E-state index >= 15 is 0 Å². The number of fused-ring (bicyclic) bond motifs is 1. The van der Waals surface area contributed by atoms with E-state index in [1.165, 1.54) is 16.3 Å². The average Bonchev–Trinajstić information content (AvgIpc) is 2.46. The van der Waals surface area contributed by atoms with E-state index < -0.39 is 6.23 Å². The number of nitroso groups, excluding NO2 is 1. The lowest BCUT2D eigenvalue weighted by atomic mass is 10.0. The van der Waals surface area contributed by atoms with Gasteiger partial charge in [-0.05, 0) is 28.4 Å². The minimum atomic E-state index is -0.611. The first kappa shape index (κ1) is 13.6. The number of hydrogen-bond acceptors (Lipinski definition) is 4. The van der Waals surface area contributed by atoms with Crippen LogP contribution in [-0.2, 0) is 11.3 Å². The lowest BCUT2D eigenvalue weighted by Crippen LogP contribution is -2.27. The highest BCUT2D eigenvalue weighted by Crippen LogP contribution is 2.18. The molecule has 0 heterocycles. The molecule has 1 unspecified atom stereocenters. The van der Waals surface area contributed by atoms with Crippen molar-refractivity contribution in [3.63, 3.8) is 0 Å². The minimum absolute atomic E-state index is 0.431. The van der Waals surface area contributed by atoms with Crippen LogP contribution in [0.15, 0.2) is 47.6 Å². The maximum Gasteiger partial charge on any atom is 0.202 e. The summed E-state index contributed by atoms with van der Waals surface area (Å²) < 4.78 is 5.17. The predicted octanol–water partition coefficient (Wildman–Crippen LogP) is 3.06. The van der Waals surface area contributed by atoms with Gasteiger partial charge in [0.05, 0.1) is 0 Å². The molecule has 2 aromatic carbocycles. The number of nitrogens with zero attached hydrogens (tertiary/aromatic N) is 1. The summed E-state index contributed by atoms with van der Waals surface area (Å²) in [4.78, 5) is 10.5. The second-order valence-corrected chi connectivity index (χ2v) is 4.28. The Morgan fingerprint density at radius 3 is 2.79 bits per heavy atom. The Kier molecular flexibility index (Phi) is 5.01. The van der Waals surface area contributed by atoms with Gasteiger partial charge in [-0.15, -0.1) is 4.91 Å². The SMILES string of the molecule is CCOC(CNCc1cccc2ccccc12)N=O. The fourth-order valence-electron chi connectivity index (χ4n) is 2.10. The van der Waals surface area contributed by atoms with Gasteiger partial charge in [-0.1, -0.05) is 42.5 Å². The summed E-state index contributed by atoms with van der Waals surface area (Å²) in [6.45, 7) is 3.47.